The molecule has 0 radical (unpaired) electrons. The molecule has 4 heteroatoms. The average Bonchev–Trinajstić information content (AvgIpc) is 2.63. The van der Waals surface area contributed by atoms with E-state index in [0.29, 0.717) is 0 Å². The molecule has 3 aromatic carbocycles. The number of rotatable bonds is 4. The maximum atomic E-state index is 4.81. The van der Waals surface area contributed by atoms with Gasteiger partial charge in [0.25, 0.3) is 0 Å². The molecule has 0 aromatic heterocycles. The molecule has 0 unspecified atom stereocenters. The first kappa shape index (κ1) is 19.7. The Hall–Kier alpha value is -0.668. The third-order valence-electron chi connectivity index (χ3n) is 3.75. The summed E-state index contributed by atoms with van der Waals surface area (Å²) < 4.78 is 0. The predicted molar refractivity (Wildman–Crippen MR) is 107 cm³/mol. The molecule has 0 saturated heterocycles. The number of hydrogen-bond acceptors (Lipinski definition) is 0. The topological polar surface area (TPSA) is 0 Å². The van der Waals surface area contributed by atoms with E-state index in [1.807, 2.05) is 0 Å². The first-order chi connectivity index (χ1) is 11.7. The zero-order valence-corrected chi connectivity index (χ0v) is 17.4. The summed E-state index contributed by atoms with van der Waals surface area (Å²) in [5.41, 5.74) is 2.76. The van der Waals surface area contributed by atoms with Crippen LogP contribution in [0.15, 0.2) is 84.9 Å². The first-order valence-electron chi connectivity index (χ1n) is 7.59. The van der Waals surface area contributed by atoms with Gasteiger partial charge < -0.3 is 0 Å². The summed E-state index contributed by atoms with van der Waals surface area (Å²) >= 11 is -0.106. The normalized spacial score (nSPS) is 10.3. The van der Waals surface area contributed by atoms with Crippen molar-refractivity contribution in [1.29, 1.82) is 0 Å². The van der Waals surface area contributed by atoms with Crippen LogP contribution in [-0.2, 0) is 22.1 Å². The van der Waals surface area contributed by atoms with Crippen molar-refractivity contribution in [2.75, 3.05) is 0 Å². The Morgan fingerprint density at radius 1 is 0.708 bits per heavy atom. The summed E-state index contributed by atoms with van der Waals surface area (Å²) in [6.45, 7) is 2.14. The molecule has 24 heavy (non-hydrogen) atoms. The molecule has 0 spiro atoms. The van der Waals surface area contributed by atoms with Crippen molar-refractivity contribution in [3.8, 4) is 0 Å². The van der Waals surface area contributed by atoms with Crippen LogP contribution in [0, 0.1) is 6.92 Å². The summed E-state index contributed by atoms with van der Waals surface area (Å²) in [6, 6.07) is 30.9. The van der Waals surface area contributed by atoms with Crippen LogP contribution >= 0.6 is 27.0 Å². The van der Waals surface area contributed by atoms with E-state index in [9.17, 15) is 0 Å². The van der Waals surface area contributed by atoms with Gasteiger partial charge in [0.15, 0.2) is 0 Å². The molecule has 0 aliphatic carbocycles. The van der Waals surface area contributed by atoms with Gasteiger partial charge in [-0.25, -0.2) is 0 Å². The molecule has 0 aliphatic heterocycles. The molecule has 0 fully saturated rings. The fraction of sp³-hybridized carbons (Fsp3) is 0.100. The van der Waals surface area contributed by atoms with Crippen LogP contribution in [0.4, 0.5) is 0 Å². The molecule has 3 aromatic rings. The number of benzene rings is 3. The fourth-order valence-electron chi connectivity index (χ4n) is 2.56. The molecule has 0 heterocycles. The van der Waals surface area contributed by atoms with E-state index in [0.717, 1.165) is 6.16 Å². The van der Waals surface area contributed by atoms with Gasteiger partial charge in [-0.2, -0.15) is 0 Å². The fourth-order valence-corrected chi connectivity index (χ4v) is 5.13. The van der Waals surface area contributed by atoms with Crippen LogP contribution in [-0.4, -0.2) is 0 Å². The Bertz CT molecular complexity index is 663. The van der Waals surface area contributed by atoms with Crippen LogP contribution in [0.3, 0.4) is 0 Å². The summed E-state index contributed by atoms with van der Waals surface area (Å²) in [6.07, 6.45) is 1.14. The molecular formula is C20H20Cl2PPd+. The third-order valence-corrected chi connectivity index (χ3v) is 6.57. The SMILES string of the molecule is Cc1ccc(C[PH+](c2ccccc2)c2ccccc2)cc1.[Cl][Pd][Cl]. The second kappa shape index (κ2) is 11.0. The van der Waals surface area contributed by atoms with Gasteiger partial charge in [-0.3, -0.25) is 0 Å². The van der Waals surface area contributed by atoms with E-state index in [2.05, 4.69) is 91.9 Å². The monoisotopic (exact) mass is 467 g/mol. The van der Waals surface area contributed by atoms with Crippen molar-refractivity contribution < 1.29 is 15.9 Å². The summed E-state index contributed by atoms with van der Waals surface area (Å²) in [5.74, 6) is 0. The number of halogens is 2. The van der Waals surface area contributed by atoms with Gasteiger partial charge >= 0.3 is 35.0 Å². The third kappa shape index (κ3) is 6.33. The number of hydrogen-bond donors (Lipinski definition) is 0. The van der Waals surface area contributed by atoms with Crippen LogP contribution in [0.25, 0.3) is 0 Å². The first-order valence-corrected chi connectivity index (χ1v) is 13.3. The van der Waals surface area contributed by atoms with E-state index in [-0.39, 0.29) is 15.9 Å². The van der Waals surface area contributed by atoms with E-state index < -0.39 is 7.92 Å². The van der Waals surface area contributed by atoms with E-state index in [1.54, 1.807) is 0 Å². The van der Waals surface area contributed by atoms with Crippen LogP contribution in [0.5, 0.6) is 0 Å². The summed E-state index contributed by atoms with van der Waals surface area (Å²) in [4.78, 5) is 0. The van der Waals surface area contributed by atoms with Gasteiger partial charge in [-0.1, -0.05) is 66.2 Å². The minimum absolute atomic E-state index is 0.106. The van der Waals surface area contributed by atoms with Crippen molar-refractivity contribution in [1.82, 2.24) is 0 Å². The Labute approximate surface area is 162 Å². The second-order valence-electron chi connectivity index (χ2n) is 5.42. The van der Waals surface area contributed by atoms with Crippen molar-refractivity contribution in [3.05, 3.63) is 96.1 Å². The minimum atomic E-state index is -0.765. The standard InChI is InChI=1S/C20H19P.2ClH.Pd/c1-17-12-14-18(15-13-17)16-21(19-8-4-2-5-9-19)20-10-6-3-7-11-20;;;/h2-15H,16H2,1H3;2*1H;/q;;;+2/p-1. The average molecular weight is 469 g/mol. The van der Waals surface area contributed by atoms with Crippen LogP contribution < -0.4 is 10.6 Å². The van der Waals surface area contributed by atoms with Gasteiger partial charge in [0.05, 0.1) is 24.7 Å². The summed E-state index contributed by atoms with van der Waals surface area (Å²) in [5, 5.41) is 2.96. The van der Waals surface area contributed by atoms with Gasteiger partial charge in [0.1, 0.15) is 0 Å². The molecule has 128 valence electrons. The van der Waals surface area contributed by atoms with Gasteiger partial charge in [-0.15, -0.1) is 0 Å². The van der Waals surface area contributed by atoms with E-state index in [4.69, 9.17) is 19.1 Å². The van der Waals surface area contributed by atoms with E-state index >= 15 is 0 Å². The van der Waals surface area contributed by atoms with Crippen molar-refractivity contribution in [3.63, 3.8) is 0 Å². The molecule has 0 atom stereocenters. The molecule has 0 amide bonds. The van der Waals surface area contributed by atoms with Crippen molar-refractivity contribution >= 4 is 37.6 Å². The maximum absolute atomic E-state index is 4.81. The molecule has 3 rings (SSSR count). The van der Waals surface area contributed by atoms with Gasteiger partial charge in [0.2, 0.25) is 0 Å². The predicted octanol–water partition coefficient (Wildman–Crippen LogP) is 5.74. The Kier molecular flexibility index (Phi) is 9.05. The summed E-state index contributed by atoms with van der Waals surface area (Å²) in [7, 11) is 8.86. The molecule has 0 N–H and O–H groups in total. The van der Waals surface area contributed by atoms with Crippen LogP contribution in [0.1, 0.15) is 11.1 Å². The van der Waals surface area contributed by atoms with Crippen LogP contribution in [0.2, 0.25) is 0 Å². The Morgan fingerprint density at radius 2 is 1.12 bits per heavy atom. The second-order valence-corrected chi connectivity index (χ2v) is 10.2. The molecule has 0 bridgehead atoms. The molecular weight excluding hydrogens is 449 g/mol. The van der Waals surface area contributed by atoms with Gasteiger partial charge in [-0.05, 0) is 36.8 Å². The molecule has 0 saturated carbocycles. The van der Waals surface area contributed by atoms with Crippen molar-refractivity contribution in [2.24, 2.45) is 0 Å². The van der Waals surface area contributed by atoms with E-state index in [1.165, 1.54) is 21.7 Å². The quantitative estimate of drug-likeness (QED) is 0.339. The molecule has 0 aliphatic rings. The zero-order valence-electron chi connectivity index (χ0n) is 13.4. The zero-order chi connectivity index (χ0) is 17.2. The Morgan fingerprint density at radius 3 is 1.54 bits per heavy atom. The van der Waals surface area contributed by atoms with Crippen molar-refractivity contribution in [2.45, 2.75) is 13.1 Å². The Balaban J connectivity index is 0.000000647. The van der Waals surface area contributed by atoms with Gasteiger partial charge in [0, 0.05) is 0 Å². The number of aryl methyl sites for hydroxylation is 1. The molecule has 0 nitrogen and oxygen atoms in total.